The van der Waals surface area contributed by atoms with Crippen LogP contribution in [-0.4, -0.2) is 0 Å². The van der Waals surface area contributed by atoms with Gasteiger partial charge in [0.1, 0.15) is 0 Å². The third-order valence-corrected chi connectivity index (χ3v) is 5.42. The molecule has 0 aliphatic heterocycles. The van der Waals surface area contributed by atoms with E-state index in [1.165, 1.54) is 32.0 Å². The van der Waals surface area contributed by atoms with Gasteiger partial charge in [-0.1, -0.05) is 47.5 Å². The van der Waals surface area contributed by atoms with Gasteiger partial charge in [-0.25, -0.2) is 0 Å². The Labute approximate surface area is 134 Å². The molecule has 3 aromatic rings. The highest BCUT2D eigenvalue weighted by Gasteiger charge is 2.10. The Hall–Kier alpha value is -1.51. The standard InChI is InChI=1S/C18H18ClNS/c1-11-8-12(2)18(13(3)9-11)20-10-16-17(19)14-6-4-5-7-15(14)21-16/h4-9,20H,10H2,1-3H3. The number of hydrogen-bond donors (Lipinski definition) is 1. The van der Waals surface area contributed by atoms with Gasteiger partial charge >= 0.3 is 0 Å². The van der Waals surface area contributed by atoms with Crippen LogP contribution < -0.4 is 5.32 Å². The number of fused-ring (bicyclic) bond motifs is 1. The Morgan fingerprint density at radius 2 is 1.71 bits per heavy atom. The fourth-order valence-corrected chi connectivity index (χ4v) is 4.25. The zero-order valence-corrected chi connectivity index (χ0v) is 14.0. The Bertz CT molecular complexity index is 781. The van der Waals surface area contributed by atoms with E-state index in [1.807, 2.05) is 6.07 Å². The fourth-order valence-electron chi connectivity index (χ4n) is 2.81. The summed E-state index contributed by atoms with van der Waals surface area (Å²) < 4.78 is 1.25. The molecule has 0 saturated heterocycles. The van der Waals surface area contributed by atoms with E-state index in [9.17, 15) is 0 Å². The lowest BCUT2D eigenvalue weighted by Gasteiger charge is -2.13. The van der Waals surface area contributed by atoms with Crippen molar-refractivity contribution in [2.24, 2.45) is 0 Å². The van der Waals surface area contributed by atoms with Gasteiger partial charge in [0.2, 0.25) is 0 Å². The van der Waals surface area contributed by atoms with Crippen molar-refractivity contribution in [2.75, 3.05) is 5.32 Å². The lowest BCUT2D eigenvalue weighted by atomic mass is 10.1. The smallest absolute Gasteiger partial charge is 0.0642 e. The molecule has 0 spiro atoms. The zero-order valence-electron chi connectivity index (χ0n) is 12.5. The molecule has 0 aliphatic rings. The number of nitrogens with one attached hydrogen (secondary N) is 1. The Balaban J connectivity index is 1.89. The van der Waals surface area contributed by atoms with E-state index in [1.54, 1.807) is 11.3 Å². The van der Waals surface area contributed by atoms with Crippen LogP contribution >= 0.6 is 22.9 Å². The van der Waals surface area contributed by atoms with Crippen molar-refractivity contribution >= 4 is 38.7 Å². The molecule has 0 fully saturated rings. The van der Waals surface area contributed by atoms with Crippen LogP contribution in [0.4, 0.5) is 5.69 Å². The number of aryl methyl sites for hydroxylation is 3. The van der Waals surface area contributed by atoms with Gasteiger partial charge in [0, 0.05) is 20.7 Å². The Morgan fingerprint density at radius 1 is 1.05 bits per heavy atom. The molecule has 1 aromatic heterocycles. The molecule has 1 N–H and O–H groups in total. The van der Waals surface area contributed by atoms with Gasteiger partial charge in [-0.05, 0) is 38.0 Å². The number of halogens is 1. The highest BCUT2D eigenvalue weighted by atomic mass is 35.5. The van der Waals surface area contributed by atoms with Gasteiger partial charge in [-0.2, -0.15) is 0 Å². The second kappa shape index (κ2) is 5.70. The average Bonchev–Trinajstić information content (AvgIpc) is 2.75. The Morgan fingerprint density at radius 3 is 2.38 bits per heavy atom. The molecule has 21 heavy (non-hydrogen) atoms. The molecular formula is C18H18ClNS. The first kappa shape index (κ1) is 14.4. The van der Waals surface area contributed by atoms with Crippen molar-refractivity contribution in [3.05, 3.63) is 63.0 Å². The second-order valence-corrected chi connectivity index (χ2v) is 6.98. The topological polar surface area (TPSA) is 12.0 Å². The van der Waals surface area contributed by atoms with Gasteiger partial charge < -0.3 is 5.32 Å². The Kier molecular flexibility index (Phi) is 3.92. The summed E-state index contributed by atoms with van der Waals surface area (Å²) in [6, 6.07) is 12.7. The molecule has 3 rings (SSSR count). The molecule has 1 heterocycles. The quantitative estimate of drug-likeness (QED) is 0.616. The van der Waals surface area contributed by atoms with E-state index in [0.29, 0.717) is 0 Å². The maximum atomic E-state index is 6.50. The summed E-state index contributed by atoms with van der Waals surface area (Å²) in [6.07, 6.45) is 0. The van der Waals surface area contributed by atoms with Crippen LogP contribution in [0.2, 0.25) is 5.02 Å². The van der Waals surface area contributed by atoms with Crippen molar-refractivity contribution in [3.8, 4) is 0 Å². The van der Waals surface area contributed by atoms with E-state index < -0.39 is 0 Å². The van der Waals surface area contributed by atoms with E-state index in [2.05, 4.69) is 56.4 Å². The van der Waals surface area contributed by atoms with Gasteiger partial charge in [0.05, 0.1) is 11.6 Å². The maximum absolute atomic E-state index is 6.50. The number of thiophene rings is 1. The largest absolute Gasteiger partial charge is 0.380 e. The summed E-state index contributed by atoms with van der Waals surface area (Å²) in [5, 5.41) is 5.58. The van der Waals surface area contributed by atoms with Crippen LogP contribution in [0.15, 0.2) is 36.4 Å². The summed E-state index contributed by atoms with van der Waals surface area (Å²) in [4.78, 5) is 1.19. The van der Waals surface area contributed by atoms with Gasteiger partial charge in [0.25, 0.3) is 0 Å². The predicted molar refractivity (Wildman–Crippen MR) is 94.8 cm³/mol. The summed E-state index contributed by atoms with van der Waals surface area (Å²) in [5.74, 6) is 0. The maximum Gasteiger partial charge on any atom is 0.0642 e. The summed E-state index contributed by atoms with van der Waals surface area (Å²) in [6.45, 7) is 7.19. The highest BCUT2D eigenvalue weighted by molar-refractivity contribution is 7.19. The molecule has 3 heteroatoms. The minimum absolute atomic E-state index is 0.767. The highest BCUT2D eigenvalue weighted by Crippen LogP contribution is 2.36. The van der Waals surface area contributed by atoms with E-state index in [4.69, 9.17) is 11.6 Å². The van der Waals surface area contributed by atoms with Crippen LogP contribution in [-0.2, 0) is 6.54 Å². The summed E-state index contributed by atoms with van der Waals surface area (Å²) in [5.41, 5.74) is 5.08. The molecule has 0 radical (unpaired) electrons. The van der Waals surface area contributed by atoms with E-state index in [-0.39, 0.29) is 0 Å². The molecular weight excluding hydrogens is 298 g/mol. The molecule has 0 atom stereocenters. The van der Waals surface area contributed by atoms with Crippen LogP contribution in [0.3, 0.4) is 0 Å². The number of hydrogen-bond acceptors (Lipinski definition) is 2. The third kappa shape index (κ3) is 2.78. The lowest BCUT2D eigenvalue weighted by molar-refractivity contribution is 1.16. The van der Waals surface area contributed by atoms with Gasteiger partial charge in [0.15, 0.2) is 0 Å². The summed E-state index contributed by atoms with van der Waals surface area (Å²) >= 11 is 8.26. The number of benzene rings is 2. The normalized spacial score (nSPS) is 11.0. The fraction of sp³-hybridized carbons (Fsp3) is 0.222. The zero-order chi connectivity index (χ0) is 15.0. The second-order valence-electron chi connectivity index (χ2n) is 5.46. The summed E-state index contributed by atoms with van der Waals surface area (Å²) in [7, 11) is 0. The molecule has 0 amide bonds. The van der Waals surface area contributed by atoms with E-state index >= 15 is 0 Å². The predicted octanol–water partition coefficient (Wildman–Crippen LogP) is 6.09. The first-order valence-electron chi connectivity index (χ1n) is 7.04. The van der Waals surface area contributed by atoms with Crippen molar-refractivity contribution in [3.63, 3.8) is 0 Å². The third-order valence-electron chi connectivity index (χ3n) is 3.70. The van der Waals surface area contributed by atoms with Gasteiger partial charge in [-0.3, -0.25) is 0 Å². The first-order valence-corrected chi connectivity index (χ1v) is 8.23. The molecule has 0 bridgehead atoms. The van der Waals surface area contributed by atoms with E-state index in [0.717, 1.165) is 17.0 Å². The SMILES string of the molecule is Cc1cc(C)c(NCc2sc3ccccc3c2Cl)c(C)c1. The minimum Gasteiger partial charge on any atom is -0.380 e. The van der Waals surface area contributed by atoms with Crippen LogP contribution in [0.25, 0.3) is 10.1 Å². The van der Waals surface area contributed by atoms with Crippen molar-refractivity contribution < 1.29 is 0 Å². The van der Waals surface area contributed by atoms with Crippen molar-refractivity contribution in [1.29, 1.82) is 0 Å². The van der Waals surface area contributed by atoms with Crippen molar-refractivity contribution in [1.82, 2.24) is 0 Å². The molecule has 0 unspecified atom stereocenters. The number of anilines is 1. The molecule has 0 saturated carbocycles. The van der Waals surface area contributed by atoms with Crippen molar-refractivity contribution in [2.45, 2.75) is 27.3 Å². The average molecular weight is 316 g/mol. The first-order chi connectivity index (χ1) is 10.1. The minimum atomic E-state index is 0.767. The van der Waals surface area contributed by atoms with Crippen LogP contribution in [0.5, 0.6) is 0 Å². The lowest BCUT2D eigenvalue weighted by Crippen LogP contribution is -2.02. The molecule has 1 nitrogen and oxygen atoms in total. The monoisotopic (exact) mass is 315 g/mol. The molecule has 108 valence electrons. The van der Waals surface area contributed by atoms with Crippen LogP contribution in [0, 0.1) is 20.8 Å². The number of rotatable bonds is 3. The van der Waals surface area contributed by atoms with Gasteiger partial charge in [-0.15, -0.1) is 11.3 Å². The van der Waals surface area contributed by atoms with Crippen LogP contribution in [0.1, 0.15) is 21.6 Å². The molecule has 0 aliphatic carbocycles. The molecule has 2 aromatic carbocycles.